The average molecular weight is 765 g/mol. The largest absolute Gasteiger partial charge is 0.456 e. The average Bonchev–Trinajstić information content (AvgIpc) is 3.83. The molecule has 0 spiro atoms. The van der Waals surface area contributed by atoms with E-state index >= 15 is 4.39 Å². The summed E-state index contributed by atoms with van der Waals surface area (Å²) in [6, 6.07) is 68.9. The molecule has 5 heteroatoms. The van der Waals surface area contributed by atoms with E-state index in [9.17, 15) is 4.39 Å². The van der Waals surface area contributed by atoms with Crippen LogP contribution in [0.1, 0.15) is 0 Å². The van der Waals surface area contributed by atoms with Crippen molar-refractivity contribution in [3.05, 3.63) is 218 Å². The van der Waals surface area contributed by atoms with E-state index in [0.29, 0.717) is 10.9 Å². The predicted octanol–water partition coefficient (Wildman–Crippen LogP) is 15.4. The fourth-order valence-corrected chi connectivity index (χ4v) is 8.63. The first kappa shape index (κ1) is 34.5. The van der Waals surface area contributed by atoms with Crippen LogP contribution in [0.2, 0.25) is 0 Å². The van der Waals surface area contributed by atoms with Gasteiger partial charge >= 0.3 is 0 Å². The standard InChI is InChI=1S/C54H34F2N2O/c55-40-33-48(56)54-46-17-4-6-20-49(46)58(50(54)34-40)44-16-9-14-39(32-44)36-23-27-41(28-24-36)57(43-15-8-13-38(31-43)35-11-2-1-3-12-35)42-29-25-37(26-30-42)45-19-10-22-52-53(45)47-18-5-7-21-51(47)59-52/h1-34H. The number of para-hydroxylation sites is 2. The molecule has 2 aromatic heterocycles. The third kappa shape index (κ3) is 5.94. The van der Waals surface area contributed by atoms with E-state index < -0.39 is 11.6 Å². The van der Waals surface area contributed by atoms with Gasteiger partial charge in [0.05, 0.1) is 11.0 Å². The molecule has 0 saturated heterocycles. The van der Waals surface area contributed by atoms with Crippen molar-refractivity contribution in [1.29, 1.82) is 0 Å². The minimum atomic E-state index is -0.608. The normalized spacial score (nSPS) is 11.6. The fourth-order valence-electron chi connectivity index (χ4n) is 8.63. The molecule has 0 N–H and O–H groups in total. The van der Waals surface area contributed by atoms with Crippen molar-refractivity contribution in [3.63, 3.8) is 0 Å². The van der Waals surface area contributed by atoms with E-state index in [-0.39, 0.29) is 0 Å². The molecular formula is C54H34F2N2O. The van der Waals surface area contributed by atoms with Crippen LogP contribution in [0.3, 0.4) is 0 Å². The van der Waals surface area contributed by atoms with Crippen LogP contribution < -0.4 is 4.90 Å². The van der Waals surface area contributed by atoms with Gasteiger partial charge in [-0.2, -0.15) is 0 Å². The highest BCUT2D eigenvalue weighted by atomic mass is 19.1. The van der Waals surface area contributed by atoms with Crippen molar-refractivity contribution in [3.8, 4) is 39.1 Å². The number of anilines is 3. The SMILES string of the molecule is Fc1cc(F)c2c3ccccc3n(-c3cccc(-c4ccc(N(c5ccc(-c6cccc7oc8ccccc8c67)cc5)c5cccc(-c6ccccc6)c5)cc4)c3)c2c1. The van der Waals surface area contributed by atoms with Gasteiger partial charge in [0, 0.05) is 50.4 Å². The van der Waals surface area contributed by atoms with Gasteiger partial charge in [0.2, 0.25) is 0 Å². The zero-order valence-corrected chi connectivity index (χ0v) is 31.7. The number of furan rings is 1. The first-order valence-electron chi connectivity index (χ1n) is 19.6. The van der Waals surface area contributed by atoms with E-state index in [1.807, 2.05) is 65.2 Å². The molecule has 9 aromatic carbocycles. The van der Waals surface area contributed by atoms with Crippen LogP contribution in [0.25, 0.3) is 82.8 Å². The molecule has 0 saturated carbocycles. The summed E-state index contributed by atoms with van der Waals surface area (Å²) in [6.07, 6.45) is 0. The molecule has 0 radical (unpaired) electrons. The number of rotatable bonds is 7. The number of nitrogens with zero attached hydrogens (tertiary/aromatic N) is 2. The van der Waals surface area contributed by atoms with Gasteiger partial charge in [-0.25, -0.2) is 8.78 Å². The first-order chi connectivity index (χ1) is 29.1. The Kier molecular flexibility index (Phi) is 8.19. The first-order valence-corrected chi connectivity index (χ1v) is 19.6. The zero-order chi connectivity index (χ0) is 39.5. The number of aromatic nitrogens is 1. The third-order valence-electron chi connectivity index (χ3n) is 11.3. The van der Waals surface area contributed by atoms with Crippen molar-refractivity contribution in [2.24, 2.45) is 0 Å². The molecular weight excluding hydrogens is 731 g/mol. The summed E-state index contributed by atoms with van der Waals surface area (Å²) in [6.45, 7) is 0. The molecule has 11 aromatic rings. The molecule has 3 nitrogen and oxygen atoms in total. The third-order valence-corrected chi connectivity index (χ3v) is 11.3. The molecule has 0 aliphatic carbocycles. The maximum atomic E-state index is 15.2. The van der Waals surface area contributed by atoms with Crippen LogP contribution in [-0.2, 0) is 0 Å². The quantitative estimate of drug-likeness (QED) is 0.161. The van der Waals surface area contributed by atoms with E-state index in [0.717, 1.165) is 95.0 Å². The molecule has 0 unspecified atom stereocenters. The Labute approximate surface area is 339 Å². The van der Waals surface area contributed by atoms with Gasteiger partial charge in [-0.15, -0.1) is 0 Å². The molecule has 0 amide bonds. The minimum absolute atomic E-state index is 0.410. The van der Waals surface area contributed by atoms with Crippen LogP contribution >= 0.6 is 0 Å². The van der Waals surface area contributed by atoms with Crippen molar-refractivity contribution in [1.82, 2.24) is 4.57 Å². The Morgan fingerprint density at radius 1 is 0.390 bits per heavy atom. The predicted molar refractivity (Wildman–Crippen MR) is 239 cm³/mol. The fraction of sp³-hybridized carbons (Fsp3) is 0. The van der Waals surface area contributed by atoms with Gasteiger partial charge < -0.3 is 13.9 Å². The maximum Gasteiger partial charge on any atom is 0.136 e. The lowest BCUT2D eigenvalue weighted by Gasteiger charge is -2.26. The lowest BCUT2D eigenvalue weighted by Crippen LogP contribution is -2.10. The number of benzene rings is 9. The van der Waals surface area contributed by atoms with E-state index in [1.54, 1.807) is 0 Å². The smallest absolute Gasteiger partial charge is 0.136 e. The number of hydrogen-bond acceptors (Lipinski definition) is 2. The number of halogens is 2. The Balaban J connectivity index is 0.997. The molecule has 0 fully saturated rings. The van der Waals surface area contributed by atoms with Gasteiger partial charge in [-0.3, -0.25) is 0 Å². The minimum Gasteiger partial charge on any atom is -0.456 e. The maximum absolute atomic E-state index is 15.2. The van der Waals surface area contributed by atoms with E-state index in [4.69, 9.17) is 4.42 Å². The van der Waals surface area contributed by atoms with Crippen molar-refractivity contribution in [2.75, 3.05) is 4.90 Å². The van der Waals surface area contributed by atoms with Gasteiger partial charge in [-0.1, -0.05) is 127 Å². The second-order valence-corrected chi connectivity index (χ2v) is 14.8. The summed E-state index contributed by atoms with van der Waals surface area (Å²) in [5, 5.41) is 3.37. The Hall–Kier alpha value is -7.76. The molecule has 11 rings (SSSR count). The highest BCUT2D eigenvalue weighted by Crippen LogP contribution is 2.41. The lowest BCUT2D eigenvalue weighted by atomic mass is 9.99. The summed E-state index contributed by atoms with van der Waals surface area (Å²) in [5.41, 5.74) is 13.4. The molecule has 0 atom stereocenters. The summed E-state index contributed by atoms with van der Waals surface area (Å²) in [4.78, 5) is 2.28. The molecule has 2 heterocycles. The van der Waals surface area contributed by atoms with Crippen molar-refractivity contribution < 1.29 is 13.2 Å². The van der Waals surface area contributed by atoms with Gasteiger partial charge in [-0.05, 0) is 106 Å². The summed E-state index contributed by atoms with van der Waals surface area (Å²) in [5.74, 6) is -1.18. The summed E-state index contributed by atoms with van der Waals surface area (Å²) < 4.78 is 38.0. The zero-order valence-electron chi connectivity index (χ0n) is 31.7. The molecule has 0 bridgehead atoms. The highest BCUT2D eigenvalue weighted by molar-refractivity contribution is 6.12. The monoisotopic (exact) mass is 764 g/mol. The van der Waals surface area contributed by atoms with Gasteiger partial charge in [0.15, 0.2) is 0 Å². The Morgan fingerprint density at radius 2 is 1.00 bits per heavy atom. The summed E-state index contributed by atoms with van der Waals surface area (Å²) in [7, 11) is 0. The summed E-state index contributed by atoms with van der Waals surface area (Å²) >= 11 is 0. The second kappa shape index (κ2) is 14.0. The van der Waals surface area contributed by atoms with Crippen LogP contribution in [0.5, 0.6) is 0 Å². The van der Waals surface area contributed by atoms with Crippen LogP contribution in [0.15, 0.2) is 211 Å². The number of hydrogen-bond donors (Lipinski definition) is 0. The lowest BCUT2D eigenvalue weighted by molar-refractivity contribution is 0.592. The van der Waals surface area contributed by atoms with Crippen LogP contribution in [-0.4, -0.2) is 4.57 Å². The number of fused-ring (bicyclic) bond motifs is 6. The van der Waals surface area contributed by atoms with Crippen molar-refractivity contribution in [2.45, 2.75) is 0 Å². The van der Waals surface area contributed by atoms with Gasteiger partial charge in [0.1, 0.15) is 22.8 Å². The topological polar surface area (TPSA) is 21.3 Å². The molecule has 59 heavy (non-hydrogen) atoms. The second-order valence-electron chi connectivity index (χ2n) is 14.8. The van der Waals surface area contributed by atoms with Gasteiger partial charge in [0.25, 0.3) is 0 Å². The Bertz CT molecular complexity index is 3350. The molecule has 280 valence electrons. The van der Waals surface area contributed by atoms with Crippen LogP contribution in [0, 0.1) is 11.6 Å². The molecule has 0 aliphatic heterocycles. The Morgan fingerprint density at radius 3 is 1.80 bits per heavy atom. The van der Waals surface area contributed by atoms with Crippen LogP contribution in [0.4, 0.5) is 25.8 Å². The highest BCUT2D eigenvalue weighted by Gasteiger charge is 2.19. The van der Waals surface area contributed by atoms with E-state index in [2.05, 4.69) is 138 Å². The van der Waals surface area contributed by atoms with E-state index in [1.165, 1.54) is 6.07 Å². The van der Waals surface area contributed by atoms with Crippen molar-refractivity contribution >= 4 is 60.8 Å². The molecule has 0 aliphatic rings.